The van der Waals surface area contributed by atoms with E-state index in [2.05, 4.69) is 0 Å². The van der Waals surface area contributed by atoms with Gasteiger partial charge in [-0.1, -0.05) is 13.8 Å². The molecule has 8 nitrogen and oxygen atoms in total. The normalized spacial score (nSPS) is 19.8. The molecule has 34 heavy (non-hydrogen) atoms. The topological polar surface area (TPSA) is 123 Å². The van der Waals surface area contributed by atoms with Gasteiger partial charge in [-0.05, 0) is 74.4 Å². The van der Waals surface area contributed by atoms with Crippen molar-refractivity contribution >= 4 is 15.6 Å². The second-order valence-corrected chi connectivity index (χ2v) is 17.0. The summed E-state index contributed by atoms with van der Waals surface area (Å²) < 4.78 is 43.8. The lowest BCUT2D eigenvalue weighted by atomic mass is 10.1. The summed E-state index contributed by atoms with van der Waals surface area (Å²) in [6.45, 7) is 18.0. The molecular weight excluding hydrogens is 478 g/mol. The van der Waals surface area contributed by atoms with Crippen molar-refractivity contribution in [1.82, 2.24) is 0 Å². The Hall–Kier alpha value is 0.220. The molecule has 0 fully saturated rings. The van der Waals surface area contributed by atoms with Gasteiger partial charge in [-0.2, -0.15) is 0 Å². The Bertz CT molecular complexity index is 642. The first-order chi connectivity index (χ1) is 15.3. The minimum atomic E-state index is -2.48. The van der Waals surface area contributed by atoms with Gasteiger partial charge in [0.05, 0.1) is 44.9 Å². The van der Waals surface area contributed by atoms with Gasteiger partial charge in [0.1, 0.15) is 25.4 Å². The Kier molecular flexibility index (Phi) is 14.3. The van der Waals surface area contributed by atoms with Crippen LogP contribution >= 0.6 is 15.6 Å². The van der Waals surface area contributed by atoms with E-state index in [9.17, 15) is 19.3 Å². The minimum absolute atomic E-state index is 0.0789. The van der Waals surface area contributed by atoms with Crippen molar-refractivity contribution < 1.29 is 38.7 Å². The maximum atomic E-state index is 13.5. The van der Waals surface area contributed by atoms with Crippen LogP contribution in [0.2, 0.25) is 0 Å². The third-order valence-corrected chi connectivity index (χ3v) is 10.2. The van der Waals surface area contributed by atoms with Crippen LogP contribution in [0.3, 0.4) is 0 Å². The molecule has 6 unspecified atom stereocenters. The maximum Gasteiger partial charge on any atom is 0.144 e. The zero-order valence-corrected chi connectivity index (χ0v) is 25.1. The molecule has 0 rings (SSSR count). The van der Waals surface area contributed by atoms with Crippen LogP contribution in [-0.2, 0) is 23.3 Å². The van der Waals surface area contributed by atoms with Gasteiger partial charge in [-0.15, -0.1) is 0 Å². The molecule has 0 aromatic carbocycles. The van der Waals surface area contributed by atoms with Crippen LogP contribution in [0.25, 0.3) is 0 Å². The van der Waals surface area contributed by atoms with E-state index in [0.29, 0.717) is 31.8 Å². The monoisotopic (exact) mass is 530 g/mol. The van der Waals surface area contributed by atoms with E-state index in [0.717, 1.165) is 0 Å². The minimum Gasteiger partial charge on any atom is -0.394 e. The summed E-state index contributed by atoms with van der Waals surface area (Å²) in [4.78, 5) is 0. The van der Waals surface area contributed by atoms with Crippen LogP contribution in [0.1, 0.15) is 82.1 Å². The van der Waals surface area contributed by atoms with Crippen LogP contribution in [0.15, 0.2) is 0 Å². The summed E-state index contributed by atoms with van der Waals surface area (Å²) in [5, 5.41) is 28.2. The van der Waals surface area contributed by atoms with E-state index >= 15 is 0 Å². The van der Waals surface area contributed by atoms with Crippen molar-refractivity contribution in [2.24, 2.45) is 0 Å². The molecule has 0 aromatic rings. The highest BCUT2D eigenvalue weighted by Crippen LogP contribution is 2.47. The predicted octanol–water partition coefficient (Wildman–Crippen LogP) is 4.13. The first-order valence-corrected chi connectivity index (χ1v) is 15.5. The Balaban J connectivity index is 5.19. The van der Waals surface area contributed by atoms with Gasteiger partial charge >= 0.3 is 0 Å². The third kappa shape index (κ3) is 12.5. The van der Waals surface area contributed by atoms with E-state index in [1.807, 2.05) is 55.4 Å². The second kappa shape index (κ2) is 14.2. The van der Waals surface area contributed by atoms with Gasteiger partial charge in [0, 0.05) is 11.3 Å². The lowest BCUT2D eigenvalue weighted by Gasteiger charge is -2.43. The first kappa shape index (κ1) is 34.2. The molecule has 0 spiro atoms. The van der Waals surface area contributed by atoms with Crippen molar-refractivity contribution in [2.45, 2.75) is 122 Å². The molecule has 6 atom stereocenters. The summed E-state index contributed by atoms with van der Waals surface area (Å²) in [6.07, 6.45) is -0.470. The fraction of sp³-hybridized carbons (Fsp3) is 1.00. The van der Waals surface area contributed by atoms with Gasteiger partial charge in [-0.25, -0.2) is 0 Å². The number of aliphatic hydroxyl groups is 3. The maximum absolute atomic E-state index is 13.5. The molecule has 0 aromatic heterocycles. The smallest absolute Gasteiger partial charge is 0.144 e. The van der Waals surface area contributed by atoms with Gasteiger partial charge in [0.25, 0.3) is 0 Å². The largest absolute Gasteiger partial charge is 0.394 e. The quantitative estimate of drug-likeness (QED) is 0.201. The Morgan fingerprint density at radius 2 is 1.29 bits per heavy atom. The highest BCUT2D eigenvalue weighted by Gasteiger charge is 2.47. The molecule has 206 valence electrons. The van der Waals surface area contributed by atoms with Gasteiger partial charge in [0.2, 0.25) is 0 Å². The Morgan fingerprint density at radius 1 is 0.794 bits per heavy atom. The molecule has 0 aliphatic rings. The van der Waals surface area contributed by atoms with Gasteiger partial charge in [0.15, 0.2) is 0 Å². The SMILES string of the molecule is CC(CO)OCC(C)(C)[PH](=O)CCCC[PH](=O)C(C)(OC(C)(C)C)C(O)C(CO)OC(C)(C)C. The van der Waals surface area contributed by atoms with Crippen molar-refractivity contribution in [2.75, 3.05) is 32.1 Å². The van der Waals surface area contributed by atoms with Crippen molar-refractivity contribution in [3.63, 3.8) is 0 Å². The molecular formula is C24H52O8P2. The van der Waals surface area contributed by atoms with Gasteiger partial charge in [-0.3, -0.25) is 0 Å². The fourth-order valence-electron chi connectivity index (χ4n) is 3.57. The summed E-state index contributed by atoms with van der Waals surface area (Å²) in [6, 6.07) is 0. The number of unbranched alkanes of at least 4 members (excludes halogenated alkanes) is 1. The van der Waals surface area contributed by atoms with Crippen molar-refractivity contribution in [3.05, 3.63) is 0 Å². The predicted molar refractivity (Wildman–Crippen MR) is 141 cm³/mol. The van der Waals surface area contributed by atoms with Crippen LogP contribution in [0, 0.1) is 0 Å². The summed E-state index contributed by atoms with van der Waals surface area (Å²) in [5.41, 5.74) is -1.27. The first-order valence-electron chi connectivity index (χ1n) is 12.2. The molecule has 0 bridgehead atoms. The Labute approximate surface area is 208 Å². The standard InChI is InChI=1S/C24H52O8P2/c1-18(15-25)30-17-23(8,9)33(28)13-11-12-14-34(29)24(10,32-22(5,6)7)20(27)19(16-26)31-21(2,3)4/h18-20,25-27,33-34H,11-17H2,1-10H3. The van der Waals surface area contributed by atoms with E-state index in [1.165, 1.54) is 0 Å². The van der Waals surface area contributed by atoms with Crippen LogP contribution in [0.5, 0.6) is 0 Å². The molecule has 0 radical (unpaired) electrons. The van der Waals surface area contributed by atoms with E-state index in [-0.39, 0.29) is 12.7 Å². The highest BCUT2D eigenvalue weighted by atomic mass is 31.1. The van der Waals surface area contributed by atoms with Gasteiger partial charge < -0.3 is 38.7 Å². The second-order valence-electron chi connectivity index (χ2n) is 12.0. The molecule has 0 saturated heterocycles. The Morgan fingerprint density at radius 3 is 1.71 bits per heavy atom. The van der Waals surface area contributed by atoms with E-state index < -0.39 is 56.1 Å². The fourth-order valence-corrected chi connectivity index (χ4v) is 7.07. The van der Waals surface area contributed by atoms with Crippen molar-refractivity contribution in [3.8, 4) is 0 Å². The molecule has 10 heteroatoms. The van der Waals surface area contributed by atoms with E-state index in [4.69, 9.17) is 19.3 Å². The lowest BCUT2D eigenvalue weighted by Crippen LogP contribution is -2.53. The van der Waals surface area contributed by atoms with Crippen LogP contribution in [0.4, 0.5) is 0 Å². The van der Waals surface area contributed by atoms with Crippen molar-refractivity contribution in [1.29, 1.82) is 0 Å². The third-order valence-electron chi connectivity index (χ3n) is 5.47. The molecule has 0 aliphatic carbocycles. The zero-order chi connectivity index (χ0) is 27.0. The molecule has 0 heterocycles. The number of hydrogen-bond acceptors (Lipinski definition) is 8. The highest BCUT2D eigenvalue weighted by molar-refractivity contribution is 7.46. The lowest BCUT2D eigenvalue weighted by molar-refractivity contribution is -0.193. The summed E-state index contributed by atoms with van der Waals surface area (Å²) in [5.74, 6) is 0. The average Bonchev–Trinajstić information content (AvgIpc) is 2.70. The molecule has 0 amide bonds. The molecule has 3 N–H and O–H groups in total. The summed E-state index contributed by atoms with van der Waals surface area (Å²) in [7, 11) is -4.45. The average molecular weight is 531 g/mol. The zero-order valence-electron chi connectivity index (χ0n) is 23.1. The number of ether oxygens (including phenoxy) is 3. The molecule has 0 saturated carbocycles. The number of hydrogen-bond donors (Lipinski definition) is 3. The van der Waals surface area contributed by atoms with Crippen LogP contribution in [-0.4, -0.2) is 87.5 Å². The van der Waals surface area contributed by atoms with E-state index in [1.54, 1.807) is 13.8 Å². The number of aliphatic hydroxyl groups excluding tert-OH is 3. The molecule has 0 aliphatic heterocycles. The summed E-state index contributed by atoms with van der Waals surface area (Å²) >= 11 is 0. The number of rotatable bonds is 16. The van der Waals surface area contributed by atoms with Crippen LogP contribution < -0.4 is 0 Å².